The van der Waals surface area contributed by atoms with Gasteiger partial charge in [0.2, 0.25) is 0 Å². The Morgan fingerprint density at radius 3 is 2.63 bits per heavy atom. The van der Waals surface area contributed by atoms with Gasteiger partial charge in [-0.15, -0.1) is 12.6 Å². The normalized spacial score (nSPS) is 16.1. The van der Waals surface area contributed by atoms with Crippen LogP contribution in [0.25, 0.3) is 10.9 Å². The predicted molar refractivity (Wildman–Crippen MR) is 71.8 cm³/mol. The van der Waals surface area contributed by atoms with Gasteiger partial charge >= 0.3 is 6.08 Å². The summed E-state index contributed by atoms with van der Waals surface area (Å²) in [6.45, 7) is 2.99. The number of benzene rings is 1. The van der Waals surface area contributed by atoms with Crippen LogP contribution in [0.5, 0.6) is 0 Å². The Labute approximate surface area is 114 Å². The number of nitrogens with zero attached hydrogens (tertiary/aromatic N) is 3. The van der Waals surface area contributed by atoms with E-state index < -0.39 is 11.9 Å². The van der Waals surface area contributed by atoms with Gasteiger partial charge in [0.25, 0.3) is 0 Å². The van der Waals surface area contributed by atoms with Crippen LogP contribution in [0.2, 0.25) is 0 Å². The lowest BCUT2D eigenvalue weighted by molar-refractivity contribution is 0.529. The minimum atomic E-state index is -0.918. The van der Waals surface area contributed by atoms with E-state index in [1.54, 1.807) is 6.07 Å². The Bertz CT molecular complexity index is 629. The van der Waals surface area contributed by atoms with E-state index in [0.29, 0.717) is 24.3 Å². The number of fused-ring (bicyclic) bond motifs is 1. The first kappa shape index (κ1) is 12.6. The number of aromatic nitrogens is 2. The van der Waals surface area contributed by atoms with Crippen molar-refractivity contribution in [2.75, 3.05) is 31.1 Å². The largest absolute Gasteiger partial charge is 0.353 e. The molecular formula is C12H12F2N4S. The maximum atomic E-state index is 14.0. The molecule has 0 aliphatic carbocycles. The van der Waals surface area contributed by atoms with Gasteiger partial charge in [0.15, 0.2) is 5.82 Å². The molecule has 1 aliphatic heterocycles. The van der Waals surface area contributed by atoms with Gasteiger partial charge in [0.05, 0.1) is 0 Å². The summed E-state index contributed by atoms with van der Waals surface area (Å²) in [5.41, 5.74) is -0.0199. The van der Waals surface area contributed by atoms with Gasteiger partial charge in [-0.3, -0.25) is 0 Å². The summed E-state index contributed by atoms with van der Waals surface area (Å²) >= 11 is 3.99. The van der Waals surface area contributed by atoms with Crippen molar-refractivity contribution in [2.45, 2.75) is 4.90 Å². The highest BCUT2D eigenvalue weighted by atomic mass is 32.1. The highest BCUT2D eigenvalue weighted by molar-refractivity contribution is 7.80. The Morgan fingerprint density at radius 2 is 1.89 bits per heavy atom. The molecule has 2 aromatic rings. The van der Waals surface area contributed by atoms with Crippen molar-refractivity contribution in [2.24, 2.45) is 0 Å². The van der Waals surface area contributed by atoms with E-state index >= 15 is 0 Å². The van der Waals surface area contributed by atoms with E-state index in [9.17, 15) is 8.78 Å². The number of piperazine rings is 1. The first-order valence-electron chi connectivity index (χ1n) is 5.97. The molecule has 0 unspecified atom stereocenters. The van der Waals surface area contributed by atoms with Gasteiger partial charge in [-0.05, 0) is 12.1 Å². The second-order valence-electron chi connectivity index (χ2n) is 4.35. The van der Waals surface area contributed by atoms with Crippen LogP contribution < -0.4 is 10.2 Å². The second kappa shape index (κ2) is 4.90. The molecule has 1 fully saturated rings. The average Bonchev–Trinajstić information content (AvgIpc) is 2.44. The van der Waals surface area contributed by atoms with E-state index in [1.807, 2.05) is 4.90 Å². The molecule has 0 amide bonds. The first-order chi connectivity index (χ1) is 9.16. The highest BCUT2D eigenvalue weighted by Gasteiger charge is 2.19. The number of hydrogen-bond acceptors (Lipinski definition) is 5. The fraction of sp³-hybridized carbons (Fsp3) is 0.333. The summed E-state index contributed by atoms with van der Waals surface area (Å²) in [6.07, 6.45) is -0.918. The molecule has 100 valence electrons. The number of anilines is 1. The zero-order valence-electron chi connectivity index (χ0n) is 10.0. The van der Waals surface area contributed by atoms with Crippen LogP contribution in [0.1, 0.15) is 0 Å². The number of thiol groups is 1. The summed E-state index contributed by atoms with van der Waals surface area (Å²) < 4.78 is 27.5. The minimum Gasteiger partial charge on any atom is -0.353 e. The van der Waals surface area contributed by atoms with Gasteiger partial charge in [-0.2, -0.15) is 14.4 Å². The van der Waals surface area contributed by atoms with Crippen molar-refractivity contribution in [1.82, 2.24) is 15.3 Å². The van der Waals surface area contributed by atoms with Crippen LogP contribution in [-0.2, 0) is 0 Å². The molecule has 1 saturated heterocycles. The molecule has 1 N–H and O–H groups in total. The Morgan fingerprint density at radius 1 is 1.16 bits per heavy atom. The third-order valence-corrected chi connectivity index (χ3v) is 3.50. The number of halogens is 2. The number of nitrogens with one attached hydrogen (secondary N) is 1. The van der Waals surface area contributed by atoms with Gasteiger partial charge in [-0.1, -0.05) is 0 Å². The fourth-order valence-corrected chi connectivity index (χ4v) is 2.41. The monoisotopic (exact) mass is 282 g/mol. The molecule has 19 heavy (non-hydrogen) atoms. The first-order valence-corrected chi connectivity index (χ1v) is 6.42. The molecule has 7 heteroatoms. The minimum absolute atomic E-state index is 0.0199. The van der Waals surface area contributed by atoms with Crippen molar-refractivity contribution >= 4 is 29.3 Å². The topological polar surface area (TPSA) is 41.1 Å². The molecule has 3 rings (SSSR count). The maximum Gasteiger partial charge on any atom is 0.311 e. The molecule has 1 aromatic heterocycles. The molecule has 1 aromatic carbocycles. The SMILES string of the molecule is Fc1nc(N2CCNCC2)c2ccc(S)c(F)c2n1. The molecule has 0 atom stereocenters. The Balaban J connectivity index is 2.20. The van der Waals surface area contributed by atoms with Crippen LogP contribution in [0.3, 0.4) is 0 Å². The van der Waals surface area contributed by atoms with Crippen molar-refractivity contribution in [1.29, 1.82) is 0 Å². The third-order valence-electron chi connectivity index (χ3n) is 3.16. The molecular weight excluding hydrogens is 270 g/mol. The number of hydrogen-bond donors (Lipinski definition) is 2. The van der Waals surface area contributed by atoms with Gasteiger partial charge in [-0.25, -0.2) is 4.39 Å². The molecule has 0 saturated carbocycles. The van der Waals surface area contributed by atoms with Gasteiger partial charge < -0.3 is 10.2 Å². The lowest BCUT2D eigenvalue weighted by Crippen LogP contribution is -2.44. The lowest BCUT2D eigenvalue weighted by atomic mass is 10.2. The fourth-order valence-electron chi connectivity index (χ4n) is 2.23. The van der Waals surface area contributed by atoms with Crippen molar-refractivity contribution in [3.8, 4) is 0 Å². The van der Waals surface area contributed by atoms with E-state index in [0.717, 1.165) is 13.1 Å². The summed E-state index contributed by atoms with van der Waals surface area (Å²) in [4.78, 5) is 9.45. The smallest absolute Gasteiger partial charge is 0.311 e. The summed E-state index contributed by atoms with van der Waals surface area (Å²) in [5.74, 6) is -0.172. The highest BCUT2D eigenvalue weighted by Crippen LogP contribution is 2.28. The molecule has 1 aliphatic rings. The van der Waals surface area contributed by atoms with Crippen molar-refractivity contribution < 1.29 is 8.78 Å². The summed E-state index contributed by atoms with van der Waals surface area (Å²) in [6, 6.07) is 3.21. The summed E-state index contributed by atoms with van der Waals surface area (Å²) in [7, 11) is 0. The van der Waals surface area contributed by atoms with Crippen LogP contribution in [0, 0.1) is 11.9 Å². The molecule has 2 heterocycles. The Kier molecular flexibility index (Phi) is 3.24. The van der Waals surface area contributed by atoms with Crippen LogP contribution in [-0.4, -0.2) is 36.1 Å². The Hall–Kier alpha value is -1.47. The van der Waals surface area contributed by atoms with E-state index in [2.05, 4.69) is 27.9 Å². The summed E-state index contributed by atoms with van der Waals surface area (Å²) in [5, 5.41) is 3.72. The quantitative estimate of drug-likeness (QED) is 0.616. The zero-order valence-corrected chi connectivity index (χ0v) is 10.9. The molecule has 0 bridgehead atoms. The molecule has 0 radical (unpaired) electrons. The van der Waals surface area contributed by atoms with Crippen LogP contribution >= 0.6 is 12.6 Å². The van der Waals surface area contributed by atoms with Crippen LogP contribution in [0.4, 0.5) is 14.6 Å². The molecule has 0 spiro atoms. The zero-order chi connectivity index (χ0) is 13.4. The average molecular weight is 282 g/mol. The standard InChI is InChI=1S/C12H12F2N4S/c13-9-8(19)2-1-7-10(9)16-12(14)17-11(7)18-5-3-15-4-6-18/h1-2,15,19H,3-6H2. The van der Waals surface area contributed by atoms with Gasteiger partial charge in [0.1, 0.15) is 11.3 Å². The van der Waals surface area contributed by atoms with E-state index in [4.69, 9.17) is 0 Å². The molecule has 4 nitrogen and oxygen atoms in total. The second-order valence-corrected chi connectivity index (χ2v) is 4.83. The van der Waals surface area contributed by atoms with E-state index in [1.165, 1.54) is 6.07 Å². The third kappa shape index (κ3) is 2.23. The number of rotatable bonds is 1. The predicted octanol–water partition coefficient (Wildman–Crippen LogP) is 1.61. The maximum absolute atomic E-state index is 14.0. The van der Waals surface area contributed by atoms with E-state index in [-0.39, 0.29) is 10.4 Å². The van der Waals surface area contributed by atoms with Gasteiger partial charge in [0, 0.05) is 36.5 Å². The van der Waals surface area contributed by atoms with Crippen LogP contribution in [0.15, 0.2) is 17.0 Å². The van der Waals surface area contributed by atoms with Crippen molar-refractivity contribution in [3.63, 3.8) is 0 Å². The lowest BCUT2D eigenvalue weighted by Gasteiger charge is -2.29. The van der Waals surface area contributed by atoms with Crippen molar-refractivity contribution in [3.05, 3.63) is 24.0 Å².